The molecule has 1 aliphatic carbocycles. The highest BCUT2D eigenvalue weighted by Gasteiger charge is 2.17. The highest BCUT2D eigenvalue weighted by atomic mass is 19.1. The van der Waals surface area contributed by atoms with E-state index in [2.05, 4.69) is 39.4 Å². The van der Waals surface area contributed by atoms with E-state index >= 15 is 0 Å². The normalized spacial score (nSPS) is 17.2. The summed E-state index contributed by atoms with van der Waals surface area (Å²) >= 11 is 0. The van der Waals surface area contributed by atoms with Crippen LogP contribution < -0.4 is 10.1 Å². The Morgan fingerprint density at radius 2 is 1.55 bits per heavy atom. The summed E-state index contributed by atoms with van der Waals surface area (Å²) in [5.41, 5.74) is 1.51. The zero-order valence-corrected chi connectivity index (χ0v) is 22.9. The Morgan fingerprint density at radius 1 is 0.974 bits per heavy atom. The number of hydrogen-bond donors (Lipinski definition) is 1. The number of amides is 1. The van der Waals surface area contributed by atoms with Gasteiger partial charge < -0.3 is 29.3 Å². The van der Waals surface area contributed by atoms with E-state index in [9.17, 15) is 9.18 Å². The second-order valence-corrected chi connectivity index (χ2v) is 9.27. The molecule has 0 unspecified atom stereocenters. The lowest BCUT2D eigenvalue weighted by Gasteiger charge is -2.21. The van der Waals surface area contributed by atoms with E-state index in [1.54, 1.807) is 19.2 Å². The van der Waals surface area contributed by atoms with E-state index in [0.29, 0.717) is 34.8 Å². The number of nitrogens with one attached hydrogen (secondary N) is 1. The zero-order valence-electron chi connectivity index (χ0n) is 22.9. The zero-order chi connectivity index (χ0) is 27.3. The maximum absolute atomic E-state index is 14.3. The van der Waals surface area contributed by atoms with Crippen LogP contribution in [0.2, 0.25) is 0 Å². The number of carbonyl (C=O) groups excluding carboxylic acids is 1. The Morgan fingerprint density at radius 3 is 2.00 bits per heavy atom. The average molecular weight is 534 g/mol. The monoisotopic (exact) mass is 533 g/mol. The van der Waals surface area contributed by atoms with Crippen LogP contribution in [0.3, 0.4) is 0 Å². The molecule has 0 aromatic carbocycles. The lowest BCUT2D eigenvalue weighted by atomic mass is 10.1. The number of methoxy groups -OCH3 is 1. The molecule has 38 heavy (non-hydrogen) atoms. The van der Waals surface area contributed by atoms with Gasteiger partial charge >= 0.3 is 0 Å². The van der Waals surface area contributed by atoms with Crippen LogP contribution in [0.25, 0.3) is 16.8 Å². The van der Waals surface area contributed by atoms with Crippen molar-refractivity contribution in [3.8, 4) is 17.0 Å². The number of carbonyl (C=O) groups is 1. The third-order valence-electron chi connectivity index (χ3n) is 5.96. The van der Waals surface area contributed by atoms with Gasteiger partial charge in [0.1, 0.15) is 5.69 Å². The number of anilines is 1. The van der Waals surface area contributed by atoms with Crippen LogP contribution in [0.1, 0.15) is 19.3 Å². The Labute approximate surface area is 223 Å². The molecule has 1 amide bonds. The third kappa shape index (κ3) is 9.35. The van der Waals surface area contributed by atoms with Crippen LogP contribution in [0, 0.1) is 5.82 Å². The van der Waals surface area contributed by atoms with Crippen molar-refractivity contribution in [1.82, 2.24) is 29.2 Å². The van der Waals surface area contributed by atoms with Crippen LogP contribution in [0.5, 0.6) is 5.75 Å². The van der Waals surface area contributed by atoms with E-state index < -0.39 is 5.82 Å². The summed E-state index contributed by atoms with van der Waals surface area (Å²) in [6.45, 7) is 8.04. The summed E-state index contributed by atoms with van der Waals surface area (Å²) < 4.78 is 32.6. The molecule has 6 rings (SSSR count). The number of rotatable bonds is 4. The molecule has 1 N–H and O–H groups in total. The number of likely N-dealkylation sites (N-methyl/N-ethyl adjacent to an activating group) is 2. The smallest absolute Gasteiger partial charge is 0.212 e. The van der Waals surface area contributed by atoms with Crippen LogP contribution in [0.15, 0.2) is 24.5 Å². The molecule has 0 bridgehead atoms. The first-order valence-corrected chi connectivity index (χ1v) is 12.9. The van der Waals surface area contributed by atoms with Gasteiger partial charge in [-0.05, 0) is 20.2 Å². The van der Waals surface area contributed by atoms with E-state index in [4.69, 9.17) is 14.2 Å². The summed E-state index contributed by atoms with van der Waals surface area (Å²) in [4.78, 5) is 15.0. The van der Waals surface area contributed by atoms with Crippen molar-refractivity contribution in [2.75, 3.05) is 79.1 Å². The Kier molecular flexibility index (Phi) is 11.9. The molecule has 11 nitrogen and oxygen atoms in total. The van der Waals surface area contributed by atoms with Gasteiger partial charge in [0.25, 0.3) is 0 Å². The van der Waals surface area contributed by atoms with Crippen LogP contribution in [-0.2, 0) is 21.3 Å². The molecule has 3 fully saturated rings. The van der Waals surface area contributed by atoms with Gasteiger partial charge in [-0.15, -0.1) is 5.10 Å². The third-order valence-corrected chi connectivity index (χ3v) is 5.96. The van der Waals surface area contributed by atoms with Gasteiger partial charge in [0.2, 0.25) is 6.41 Å². The average Bonchev–Trinajstić information content (AvgIpc) is 3.68. The van der Waals surface area contributed by atoms with Crippen LogP contribution >= 0.6 is 0 Å². The number of nitrogens with zero attached hydrogens (tertiary/aromatic N) is 6. The first kappa shape index (κ1) is 29.5. The first-order valence-electron chi connectivity index (χ1n) is 12.9. The number of aromatic nitrogens is 4. The summed E-state index contributed by atoms with van der Waals surface area (Å²) in [7, 11) is 7.43. The van der Waals surface area contributed by atoms with E-state index in [0.717, 1.165) is 52.6 Å². The van der Waals surface area contributed by atoms with Crippen LogP contribution in [-0.4, -0.2) is 109 Å². The molecule has 0 spiro atoms. The fraction of sp³-hybridized carbons (Fsp3) is 0.577. The van der Waals surface area contributed by atoms with E-state index in [-0.39, 0.29) is 0 Å². The van der Waals surface area contributed by atoms with Gasteiger partial charge in [-0.3, -0.25) is 9.48 Å². The number of aryl methyl sites for hydroxylation is 1. The molecule has 210 valence electrons. The van der Waals surface area contributed by atoms with E-state index in [1.165, 1.54) is 48.0 Å². The number of hydrogen-bond acceptors (Lipinski definition) is 8. The number of halogens is 1. The topological polar surface area (TPSA) is 98.4 Å². The van der Waals surface area contributed by atoms with Crippen molar-refractivity contribution >= 4 is 17.7 Å². The molecular weight excluding hydrogens is 493 g/mol. The van der Waals surface area contributed by atoms with Crippen molar-refractivity contribution in [2.24, 2.45) is 7.05 Å². The SMILES string of the molecule is C1CC1.CN1CCOCC1.CN1CCOCC1.COc1cnn(C)c1-c1cc2cc(NC=O)nn2cc1F. The molecule has 12 heteroatoms. The second kappa shape index (κ2) is 15.4. The Hall–Kier alpha value is -3.06. The molecule has 3 aromatic rings. The summed E-state index contributed by atoms with van der Waals surface area (Å²) in [5.74, 6) is 0.357. The largest absolute Gasteiger partial charge is 0.493 e. The van der Waals surface area contributed by atoms with Crippen molar-refractivity contribution < 1.29 is 23.4 Å². The lowest BCUT2D eigenvalue weighted by molar-refractivity contribution is -0.105. The van der Waals surface area contributed by atoms with Gasteiger partial charge in [-0.2, -0.15) is 5.10 Å². The molecule has 1 saturated carbocycles. The number of ether oxygens (including phenoxy) is 3. The quantitative estimate of drug-likeness (QED) is 0.511. The molecule has 5 heterocycles. The maximum Gasteiger partial charge on any atom is 0.212 e. The predicted octanol–water partition coefficient (Wildman–Crippen LogP) is 2.52. The molecular formula is C26H40FN7O4. The Balaban J connectivity index is 0.000000189. The minimum Gasteiger partial charge on any atom is -0.493 e. The fourth-order valence-electron chi connectivity index (χ4n) is 3.51. The van der Waals surface area contributed by atoms with Gasteiger partial charge in [-0.1, -0.05) is 19.3 Å². The second-order valence-electron chi connectivity index (χ2n) is 9.27. The first-order chi connectivity index (χ1) is 18.4. The molecule has 0 atom stereocenters. The van der Waals surface area contributed by atoms with Crippen molar-refractivity contribution in [3.63, 3.8) is 0 Å². The number of fused-ring (bicyclic) bond motifs is 1. The minimum absolute atomic E-state index is 0.344. The summed E-state index contributed by atoms with van der Waals surface area (Å²) in [6.07, 6.45) is 7.78. The molecule has 3 aromatic heterocycles. The Bertz CT molecular complexity index is 1100. The van der Waals surface area contributed by atoms with Crippen molar-refractivity contribution in [3.05, 3.63) is 30.3 Å². The highest BCUT2D eigenvalue weighted by molar-refractivity contribution is 5.75. The van der Waals surface area contributed by atoms with Gasteiger partial charge in [0, 0.05) is 44.9 Å². The lowest BCUT2D eigenvalue weighted by Crippen LogP contribution is -2.32. The minimum atomic E-state index is -0.467. The number of morpholine rings is 2. The molecule has 2 saturated heterocycles. The molecule has 0 radical (unpaired) electrons. The van der Waals surface area contributed by atoms with Crippen molar-refractivity contribution in [1.29, 1.82) is 0 Å². The maximum atomic E-state index is 14.3. The highest BCUT2D eigenvalue weighted by Crippen LogP contribution is 2.32. The van der Waals surface area contributed by atoms with Gasteiger partial charge in [0.05, 0.1) is 51.4 Å². The van der Waals surface area contributed by atoms with Gasteiger partial charge in [-0.25, -0.2) is 8.91 Å². The van der Waals surface area contributed by atoms with E-state index in [1.807, 2.05) is 0 Å². The number of pyridine rings is 1. The predicted molar refractivity (Wildman–Crippen MR) is 144 cm³/mol. The molecule has 3 aliphatic rings. The summed E-state index contributed by atoms with van der Waals surface area (Å²) in [5, 5.41) is 10.5. The molecule has 2 aliphatic heterocycles. The standard InChI is InChI=1S/C13H12FN5O2.2C5H11NO.C3H6/c1-18-13(11(21-2)5-16-18)9-3-8-4-12(15-7-20)17-19(8)6-10(9)14;2*1-6-2-4-7-5-3-6;1-2-3-1/h3-7H,1-2H3,(H,15,17,20);2*2-5H2,1H3;1-3H2. The van der Waals surface area contributed by atoms with Gasteiger partial charge in [0.15, 0.2) is 17.4 Å². The fourth-order valence-corrected chi connectivity index (χ4v) is 3.51. The van der Waals surface area contributed by atoms with Crippen LogP contribution in [0.4, 0.5) is 10.2 Å². The summed E-state index contributed by atoms with van der Waals surface area (Å²) in [6, 6.07) is 3.26. The van der Waals surface area contributed by atoms with Crippen molar-refractivity contribution in [2.45, 2.75) is 19.3 Å².